The number of amides is 1. The molecule has 0 bridgehead atoms. The van der Waals surface area contributed by atoms with E-state index in [0.717, 1.165) is 5.56 Å². The zero-order valence-electron chi connectivity index (χ0n) is 15.0. The van der Waals surface area contributed by atoms with Crippen molar-refractivity contribution in [2.24, 2.45) is 0 Å². The minimum Gasteiger partial charge on any atom is -0.444 e. The molecule has 0 saturated carbocycles. The van der Waals surface area contributed by atoms with E-state index in [4.69, 9.17) is 9.47 Å². The van der Waals surface area contributed by atoms with Crippen molar-refractivity contribution in [3.63, 3.8) is 0 Å². The van der Waals surface area contributed by atoms with Gasteiger partial charge in [0.25, 0.3) is 0 Å². The molecule has 1 amide bonds. The van der Waals surface area contributed by atoms with Gasteiger partial charge in [-0.3, -0.25) is 9.69 Å². The zero-order valence-corrected chi connectivity index (χ0v) is 15.0. The quantitative estimate of drug-likeness (QED) is 0.906. The second kappa shape index (κ2) is 7.80. The molecule has 1 aromatic rings. The third-order valence-electron chi connectivity index (χ3n) is 3.75. The molecule has 1 N–H and O–H groups in total. The summed E-state index contributed by atoms with van der Waals surface area (Å²) in [5.41, 5.74) is 0.238. The van der Waals surface area contributed by atoms with Gasteiger partial charge in [-0.1, -0.05) is 30.3 Å². The Balaban J connectivity index is 2.25. The van der Waals surface area contributed by atoms with Crippen LogP contribution in [0.25, 0.3) is 0 Å². The highest BCUT2D eigenvalue weighted by Gasteiger charge is 2.36. The lowest BCUT2D eigenvalue weighted by atomic mass is 10.0. The monoisotopic (exact) mass is 347 g/mol. The van der Waals surface area contributed by atoms with E-state index < -0.39 is 30.1 Å². The average molecular weight is 347 g/mol. The molecule has 3 unspecified atom stereocenters. The molecule has 25 heavy (non-hydrogen) atoms. The van der Waals surface area contributed by atoms with Crippen LogP contribution in [0.1, 0.15) is 33.3 Å². The van der Waals surface area contributed by atoms with E-state index in [9.17, 15) is 14.7 Å². The average Bonchev–Trinajstić information content (AvgIpc) is 2.53. The summed E-state index contributed by atoms with van der Waals surface area (Å²) < 4.78 is 10.8. The maximum atomic E-state index is 12.7. The van der Waals surface area contributed by atoms with E-state index >= 15 is 0 Å². The van der Waals surface area contributed by atoms with Crippen molar-refractivity contribution in [2.45, 2.75) is 58.3 Å². The lowest BCUT2D eigenvalue weighted by molar-refractivity contribution is -0.157. The number of carbonyl (C=O) groups is 2. The predicted molar refractivity (Wildman–Crippen MR) is 92.7 cm³/mol. The lowest BCUT2D eigenvalue weighted by Crippen LogP contribution is -2.51. The van der Waals surface area contributed by atoms with Gasteiger partial charge < -0.3 is 14.6 Å². The van der Waals surface area contributed by atoms with Gasteiger partial charge in [0.2, 0.25) is 0 Å². The number of nitrogens with zero attached hydrogens (tertiary/aromatic N) is 1. The van der Waals surface area contributed by atoms with Crippen molar-refractivity contribution >= 4 is 11.9 Å². The number of hydrogen-bond donors (Lipinski definition) is 1. The molecule has 2 rings (SSSR count). The number of rotatable bonds is 4. The molecule has 1 aliphatic rings. The fourth-order valence-electron chi connectivity index (χ4n) is 2.52. The Hall–Kier alpha value is -2.18. The first-order valence-electron chi connectivity index (χ1n) is 8.26. The predicted octanol–water partition coefficient (Wildman–Crippen LogP) is 2.65. The molecule has 6 heteroatoms. The maximum Gasteiger partial charge on any atom is 0.410 e. The molecule has 0 saturated heterocycles. The molecular weight excluding hydrogens is 322 g/mol. The van der Waals surface area contributed by atoms with E-state index in [1.807, 2.05) is 30.3 Å². The smallest absolute Gasteiger partial charge is 0.410 e. The largest absolute Gasteiger partial charge is 0.444 e. The van der Waals surface area contributed by atoms with Gasteiger partial charge >= 0.3 is 6.09 Å². The summed E-state index contributed by atoms with van der Waals surface area (Å²) in [6.45, 7) is 7.33. The fourth-order valence-corrected chi connectivity index (χ4v) is 2.52. The van der Waals surface area contributed by atoms with E-state index in [1.54, 1.807) is 27.7 Å². The summed E-state index contributed by atoms with van der Waals surface area (Å²) in [7, 11) is 0. The summed E-state index contributed by atoms with van der Waals surface area (Å²) in [6.07, 6.45) is -0.0889. The summed E-state index contributed by atoms with van der Waals surface area (Å²) in [4.78, 5) is 26.3. The second-order valence-corrected chi connectivity index (χ2v) is 7.04. The first-order valence-corrected chi connectivity index (χ1v) is 8.26. The van der Waals surface area contributed by atoms with Gasteiger partial charge in [0.15, 0.2) is 12.1 Å². The van der Waals surface area contributed by atoms with E-state index in [0.29, 0.717) is 0 Å². The van der Waals surface area contributed by atoms with Crippen molar-refractivity contribution < 1.29 is 24.2 Å². The molecule has 0 spiro atoms. The van der Waals surface area contributed by atoms with Gasteiger partial charge in [0.1, 0.15) is 11.7 Å². The Bertz CT molecular complexity index is 635. The van der Waals surface area contributed by atoms with Crippen molar-refractivity contribution in [3.8, 4) is 0 Å². The molecule has 0 aromatic heterocycles. The van der Waals surface area contributed by atoms with E-state index in [1.165, 1.54) is 17.1 Å². The number of ketones is 1. The summed E-state index contributed by atoms with van der Waals surface area (Å²) >= 11 is 0. The highest BCUT2D eigenvalue weighted by molar-refractivity contribution is 5.95. The van der Waals surface area contributed by atoms with E-state index in [2.05, 4.69) is 0 Å². The number of hydrogen-bond acceptors (Lipinski definition) is 5. The van der Waals surface area contributed by atoms with Crippen molar-refractivity contribution in [1.82, 2.24) is 4.90 Å². The Labute approximate surface area is 148 Å². The molecular formula is C19H25NO5. The third-order valence-corrected chi connectivity index (χ3v) is 3.75. The standard InChI is InChI=1S/C19H25NO5/c1-13(17-15(21)10-11-16(22)24-17)20(18(23)25-19(2,3)4)12-14-8-6-5-7-9-14/h5-11,13,16-17,22H,12H2,1-4H3. The van der Waals surface area contributed by atoms with Crippen LogP contribution in [0.15, 0.2) is 42.5 Å². The Kier molecular flexibility index (Phi) is 5.98. The van der Waals surface area contributed by atoms with Crippen LogP contribution in [0.3, 0.4) is 0 Å². The molecule has 1 aromatic carbocycles. The van der Waals surface area contributed by atoms with Crippen molar-refractivity contribution in [1.29, 1.82) is 0 Å². The summed E-state index contributed by atoms with van der Waals surface area (Å²) in [5.74, 6) is -0.292. The molecule has 1 aliphatic heterocycles. The highest BCUT2D eigenvalue weighted by atomic mass is 16.6. The van der Waals surface area contributed by atoms with Gasteiger partial charge in [-0.05, 0) is 45.4 Å². The molecule has 0 aliphatic carbocycles. The van der Waals surface area contributed by atoms with Crippen LogP contribution in [0, 0.1) is 0 Å². The topological polar surface area (TPSA) is 76.1 Å². The van der Waals surface area contributed by atoms with Gasteiger partial charge in [-0.2, -0.15) is 0 Å². The maximum absolute atomic E-state index is 12.7. The Morgan fingerprint density at radius 1 is 1.32 bits per heavy atom. The molecule has 136 valence electrons. The van der Waals surface area contributed by atoms with Crippen LogP contribution in [0.4, 0.5) is 4.79 Å². The first kappa shape index (κ1) is 19.1. The summed E-state index contributed by atoms with van der Waals surface area (Å²) in [5, 5.41) is 9.65. The van der Waals surface area contributed by atoms with Crippen LogP contribution in [-0.4, -0.2) is 45.9 Å². The zero-order chi connectivity index (χ0) is 18.6. The molecule has 1 heterocycles. The minimum absolute atomic E-state index is 0.268. The molecule has 0 fully saturated rings. The third kappa shape index (κ3) is 5.41. The normalized spacial score (nSPS) is 21.7. The number of aliphatic hydroxyl groups is 1. The molecule has 0 radical (unpaired) electrons. The second-order valence-electron chi connectivity index (χ2n) is 7.04. The number of aliphatic hydroxyl groups excluding tert-OH is 1. The van der Waals surface area contributed by atoms with Crippen LogP contribution in [0.2, 0.25) is 0 Å². The van der Waals surface area contributed by atoms with Crippen molar-refractivity contribution in [3.05, 3.63) is 48.0 Å². The van der Waals surface area contributed by atoms with Crippen LogP contribution >= 0.6 is 0 Å². The molecule has 3 atom stereocenters. The first-order chi connectivity index (χ1) is 11.7. The number of ether oxygens (including phenoxy) is 2. The van der Waals surface area contributed by atoms with Crippen molar-refractivity contribution in [2.75, 3.05) is 0 Å². The van der Waals surface area contributed by atoms with Gasteiger partial charge in [-0.25, -0.2) is 4.79 Å². The van der Waals surface area contributed by atoms with Gasteiger partial charge in [-0.15, -0.1) is 0 Å². The van der Waals surface area contributed by atoms with Gasteiger partial charge in [0.05, 0.1) is 6.04 Å². The Morgan fingerprint density at radius 3 is 2.56 bits per heavy atom. The highest BCUT2D eigenvalue weighted by Crippen LogP contribution is 2.21. The van der Waals surface area contributed by atoms with Crippen LogP contribution in [0.5, 0.6) is 0 Å². The van der Waals surface area contributed by atoms with E-state index in [-0.39, 0.29) is 12.3 Å². The SMILES string of the molecule is CC(C1OC(O)C=CC1=O)N(Cc1ccccc1)C(=O)OC(C)(C)C. The van der Waals surface area contributed by atoms with Gasteiger partial charge in [0, 0.05) is 6.54 Å². The Morgan fingerprint density at radius 2 is 1.96 bits per heavy atom. The molecule has 6 nitrogen and oxygen atoms in total. The van der Waals surface area contributed by atoms with Crippen LogP contribution < -0.4 is 0 Å². The minimum atomic E-state index is -1.16. The fraction of sp³-hybridized carbons (Fsp3) is 0.474. The lowest BCUT2D eigenvalue weighted by Gasteiger charge is -2.36. The van der Waals surface area contributed by atoms with Crippen LogP contribution in [-0.2, 0) is 20.8 Å². The number of carbonyl (C=O) groups excluding carboxylic acids is 2. The number of benzene rings is 1. The summed E-state index contributed by atoms with van der Waals surface area (Å²) in [6, 6.07) is 8.82.